The van der Waals surface area contributed by atoms with Gasteiger partial charge in [0, 0.05) is 40.1 Å². The molecule has 0 fully saturated rings. The molecule has 0 bridgehead atoms. The maximum absolute atomic E-state index is 9.65. The predicted octanol–water partition coefficient (Wildman–Crippen LogP) is 12.1. The number of fused-ring (bicyclic) bond motifs is 3. The Morgan fingerprint density at radius 3 is 1.74 bits per heavy atom. The van der Waals surface area contributed by atoms with Crippen LogP contribution in [0.5, 0.6) is 0 Å². The molecule has 0 amide bonds. The van der Waals surface area contributed by atoms with Crippen LogP contribution >= 0.6 is 0 Å². The first-order valence-electron chi connectivity index (χ1n) is 17.8. The Bertz CT molecular complexity index is 2690. The zero-order valence-corrected chi connectivity index (χ0v) is 29.5. The molecule has 0 radical (unpaired) electrons. The third kappa shape index (κ3) is 5.89. The van der Waals surface area contributed by atoms with Gasteiger partial charge in [0.25, 0.3) is 0 Å². The highest BCUT2D eigenvalue weighted by atomic mass is 14.9. The summed E-state index contributed by atoms with van der Waals surface area (Å²) in [6.45, 7) is 4.50. The van der Waals surface area contributed by atoms with Crippen LogP contribution in [0.15, 0.2) is 170 Å². The minimum absolute atomic E-state index is 0.250. The lowest BCUT2D eigenvalue weighted by Gasteiger charge is -2.22. The number of hydrogen-bond acceptors (Lipinski definition) is 4. The van der Waals surface area contributed by atoms with Gasteiger partial charge in [-0.05, 0) is 105 Å². The lowest BCUT2D eigenvalue weighted by atomic mass is 9.81. The van der Waals surface area contributed by atoms with Crippen molar-refractivity contribution in [2.24, 2.45) is 0 Å². The van der Waals surface area contributed by atoms with Crippen LogP contribution in [0, 0.1) is 11.3 Å². The quantitative estimate of drug-likeness (QED) is 0.176. The van der Waals surface area contributed by atoms with Crippen molar-refractivity contribution in [2.45, 2.75) is 19.3 Å². The monoisotopic (exact) mass is 678 g/mol. The molecule has 2 heterocycles. The molecule has 2 aromatic heterocycles. The Morgan fingerprint density at radius 1 is 0.453 bits per heavy atom. The smallest absolute Gasteiger partial charge is 0.160 e. The number of nitrogens with zero attached hydrogens (tertiary/aromatic N) is 4. The molecule has 0 unspecified atom stereocenters. The topological polar surface area (TPSA) is 62.5 Å². The molecular weight excluding hydrogens is 645 g/mol. The van der Waals surface area contributed by atoms with E-state index >= 15 is 0 Å². The third-order valence-electron chi connectivity index (χ3n) is 10.4. The maximum Gasteiger partial charge on any atom is 0.160 e. The number of rotatable bonds is 6. The second-order valence-corrected chi connectivity index (χ2v) is 14.1. The van der Waals surface area contributed by atoms with E-state index in [9.17, 15) is 5.26 Å². The summed E-state index contributed by atoms with van der Waals surface area (Å²) < 4.78 is 0. The van der Waals surface area contributed by atoms with Crippen LogP contribution in [0.3, 0.4) is 0 Å². The molecule has 9 rings (SSSR count). The van der Waals surface area contributed by atoms with Gasteiger partial charge in [0.1, 0.15) is 0 Å². The highest BCUT2D eigenvalue weighted by molar-refractivity contribution is 5.86. The Labute approximate surface area is 309 Å². The van der Waals surface area contributed by atoms with Gasteiger partial charge >= 0.3 is 0 Å². The van der Waals surface area contributed by atoms with Crippen LogP contribution in [-0.4, -0.2) is 15.0 Å². The van der Waals surface area contributed by atoms with E-state index in [1.807, 2.05) is 48.7 Å². The van der Waals surface area contributed by atoms with Gasteiger partial charge in [-0.2, -0.15) is 5.26 Å². The van der Waals surface area contributed by atoms with E-state index in [-0.39, 0.29) is 5.41 Å². The first-order chi connectivity index (χ1) is 25.9. The second kappa shape index (κ2) is 13.0. The van der Waals surface area contributed by atoms with Gasteiger partial charge in [-0.25, -0.2) is 9.97 Å². The normalized spacial score (nSPS) is 12.5. The van der Waals surface area contributed by atoms with Crippen molar-refractivity contribution in [3.05, 3.63) is 187 Å². The van der Waals surface area contributed by atoms with Crippen molar-refractivity contribution in [3.8, 4) is 84.5 Å². The summed E-state index contributed by atoms with van der Waals surface area (Å²) in [7, 11) is 0. The number of benzene rings is 6. The van der Waals surface area contributed by atoms with Gasteiger partial charge in [-0.1, -0.05) is 117 Å². The molecule has 250 valence electrons. The van der Waals surface area contributed by atoms with E-state index in [4.69, 9.17) is 9.97 Å². The minimum atomic E-state index is -0.250. The number of nitriles is 1. The summed E-state index contributed by atoms with van der Waals surface area (Å²) in [6, 6.07) is 57.2. The standard InChI is InChI=1S/C49H34N4/c1-49(2)44-23-32(30-50)18-20-42(44)43-21-19-36(28-45(43)49)40-25-39(33-11-5-3-6-12-33)26-41(27-40)48-52-46(34-13-7-4-8-14-34)29-47(53-48)37-16-9-15-35(24-37)38-17-10-22-51-31-38/h3-29,31H,1-2H3. The van der Waals surface area contributed by atoms with Crippen molar-refractivity contribution in [1.29, 1.82) is 5.26 Å². The van der Waals surface area contributed by atoms with Gasteiger partial charge in [0.05, 0.1) is 23.0 Å². The molecule has 4 heteroatoms. The van der Waals surface area contributed by atoms with Gasteiger partial charge in [0.15, 0.2) is 5.82 Å². The summed E-state index contributed by atoms with van der Waals surface area (Å²) in [4.78, 5) is 14.8. The first kappa shape index (κ1) is 32.0. The fourth-order valence-corrected chi connectivity index (χ4v) is 7.58. The molecule has 0 aliphatic heterocycles. The molecule has 8 aromatic rings. The summed E-state index contributed by atoms with van der Waals surface area (Å²) in [6.07, 6.45) is 3.68. The molecule has 1 aliphatic carbocycles. The molecule has 0 N–H and O–H groups in total. The second-order valence-electron chi connectivity index (χ2n) is 14.1. The molecule has 6 aromatic carbocycles. The number of pyridine rings is 1. The van der Waals surface area contributed by atoms with Crippen molar-refractivity contribution in [1.82, 2.24) is 15.0 Å². The van der Waals surface area contributed by atoms with Crippen LogP contribution in [-0.2, 0) is 5.41 Å². The van der Waals surface area contributed by atoms with Gasteiger partial charge in [0.2, 0.25) is 0 Å². The maximum atomic E-state index is 9.65. The zero-order chi connectivity index (χ0) is 35.9. The van der Waals surface area contributed by atoms with Gasteiger partial charge < -0.3 is 0 Å². The van der Waals surface area contributed by atoms with Crippen molar-refractivity contribution < 1.29 is 0 Å². The summed E-state index contributed by atoms with van der Waals surface area (Å²) >= 11 is 0. The first-order valence-corrected chi connectivity index (χ1v) is 17.8. The van der Waals surface area contributed by atoms with E-state index in [0.717, 1.165) is 61.5 Å². The average molecular weight is 679 g/mol. The fraction of sp³-hybridized carbons (Fsp3) is 0.0612. The predicted molar refractivity (Wildman–Crippen MR) is 215 cm³/mol. The van der Waals surface area contributed by atoms with Crippen LogP contribution in [0.1, 0.15) is 30.5 Å². The highest BCUT2D eigenvalue weighted by Crippen LogP contribution is 2.50. The molecule has 53 heavy (non-hydrogen) atoms. The van der Waals surface area contributed by atoms with Crippen molar-refractivity contribution in [3.63, 3.8) is 0 Å². The zero-order valence-electron chi connectivity index (χ0n) is 29.5. The van der Waals surface area contributed by atoms with Crippen molar-refractivity contribution >= 4 is 0 Å². The molecule has 0 atom stereocenters. The van der Waals surface area contributed by atoms with E-state index < -0.39 is 0 Å². The molecule has 0 spiro atoms. The average Bonchev–Trinajstić information content (AvgIpc) is 3.46. The third-order valence-corrected chi connectivity index (χ3v) is 10.4. The Hall–Kier alpha value is -6.96. The highest BCUT2D eigenvalue weighted by Gasteiger charge is 2.36. The van der Waals surface area contributed by atoms with Gasteiger partial charge in [-0.15, -0.1) is 0 Å². The number of hydrogen-bond donors (Lipinski definition) is 0. The fourth-order valence-electron chi connectivity index (χ4n) is 7.58. The summed E-state index contributed by atoms with van der Waals surface area (Å²) in [5, 5.41) is 9.65. The van der Waals surface area contributed by atoms with Crippen LogP contribution in [0.2, 0.25) is 0 Å². The lowest BCUT2D eigenvalue weighted by Crippen LogP contribution is -2.15. The van der Waals surface area contributed by atoms with Crippen LogP contribution in [0.4, 0.5) is 0 Å². The van der Waals surface area contributed by atoms with Crippen molar-refractivity contribution in [2.75, 3.05) is 0 Å². The molecule has 1 aliphatic rings. The SMILES string of the molecule is CC1(C)c2cc(C#N)ccc2-c2ccc(-c3cc(-c4ccccc4)cc(-c4nc(-c5ccccc5)cc(-c5cccc(-c6cccnc6)c5)n4)c3)cc21. The Kier molecular flexibility index (Phi) is 7.83. The van der Waals surface area contributed by atoms with Crippen LogP contribution < -0.4 is 0 Å². The largest absolute Gasteiger partial charge is 0.264 e. The van der Waals surface area contributed by atoms with E-state index in [1.54, 1.807) is 6.20 Å². The van der Waals surface area contributed by atoms with Gasteiger partial charge in [-0.3, -0.25) is 4.98 Å². The van der Waals surface area contributed by atoms with E-state index in [0.29, 0.717) is 11.4 Å². The minimum Gasteiger partial charge on any atom is -0.264 e. The van der Waals surface area contributed by atoms with Crippen LogP contribution in [0.25, 0.3) is 78.4 Å². The van der Waals surface area contributed by atoms with E-state index in [1.165, 1.54) is 22.3 Å². The molecular formula is C49H34N4. The number of aromatic nitrogens is 3. The Morgan fingerprint density at radius 2 is 1.02 bits per heavy atom. The lowest BCUT2D eigenvalue weighted by molar-refractivity contribution is 0.660. The Balaban J connectivity index is 1.22. The molecule has 0 saturated heterocycles. The summed E-state index contributed by atoms with van der Waals surface area (Å²) in [5.41, 5.74) is 16.5. The summed E-state index contributed by atoms with van der Waals surface area (Å²) in [5.74, 6) is 0.657. The molecule has 4 nitrogen and oxygen atoms in total. The molecule has 0 saturated carbocycles. The van der Waals surface area contributed by atoms with E-state index in [2.05, 4.69) is 140 Å².